The molecule has 1 aromatic heterocycles. The molecule has 1 heterocycles. The lowest BCUT2D eigenvalue weighted by Crippen LogP contribution is -2.15. The van der Waals surface area contributed by atoms with E-state index >= 15 is 0 Å². The van der Waals surface area contributed by atoms with E-state index < -0.39 is 0 Å². The topological polar surface area (TPSA) is 41.1 Å². The molecule has 0 saturated heterocycles. The number of rotatable bonds is 3. The lowest BCUT2D eigenvalue weighted by atomic mass is 9.94. The van der Waals surface area contributed by atoms with E-state index in [0.717, 1.165) is 17.8 Å². The van der Waals surface area contributed by atoms with Crippen LogP contribution in [0.25, 0.3) is 0 Å². The minimum Gasteiger partial charge on any atom is -0.378 e. The number of aryl methyl sites for hydroxylation is 1. The third-order valence-electron chi connectivity index (χ3n) is 3.63. The smallest absolute Gasteiger partial charge is 0.221 e. The minimum atomic E-state index is -0.0456. The average molecular weight is 365 g/mol. The average Bonchev–Trinajstić information content (AvgIpc) is 2.82. The van der Waals surface area contributed by atoms with E-state index in [4.69, 9.17) is 0 Å². The van der Waals surface area contributed by atoms with Gasteiger partial charge in [0.1, 0.15) is 0 Å². The van der Waals surface area contributed by atoms with E-state index in [1.807, 2.05) is 35.6 Å². The maximum absolute atomic E-state index is 11.0. The van der Waals surface area contributed by atoms with Gasteiger partial charge in [-0.25, -0.2) is 0 Å². The van der Waals surface area contributed by atoms with Crippen LogP contribution < -0.4 is 10.6 Å². The van der Waals surface area contributed by atoms with Gasteiger partial charge < -0.3 is 10.6 Å². The first-order valence-electron chi connectivity index (χ1n) is 7.04. The van der Waals surface area contributed by atoms with Crippen LogP contribution in [-0.4, -0.2) is 5.91 Å². The molecule has 5 heteroatoms. The molecule has 110 valence electrons. The quantitative estimate of drug-likeness (QED) is 0.807. The maximum atomic E-state index is 11.0. The van der Waals surface area contributed by atoms with Crippen molar-refractivity contribution >= 4 is 44.5 Å². The number of amides is 1. The highest BCUT2D eigenvalue weighted by Gasteiger charge is 2.22. The van der Waals surface area contributed by atoms with Crippen molar-refractivity contribution in [1.82, 2.24) is 0 Å². The molecule has 3 rings (SSSR count). The van der Waals surface area contributed by atoms with Gasteiger partial charge >= 0.3 is 0 Å². The van der Waals surface area contributed by atoms with Gasteiger partial charge in [-0.2, -0.15) is 0 Å². The Morgan fingerprint density at radius 1 is 1.29 bits per heavy atom. The number of carbonyl (C=O) groups excluding carboxylic acids is 1. The summed E-state index contributed by atoms with van der Waals surface area (Å²) in [5, 5.41) is 6.39. The lowest BCUT2D eigenvalue weighted by Gasteiger charge is -2.24. The van der Waals surface area contributed by atoms with E-state index in [2.05, 4.69) is 32.6 Å². The molecule has 0 bridgehead atoms. The number of anilines is 2. The van der Waals surface area contributed by atoms with Crippen molar-refractivity contribution in [2.24, 2.45) is 0 Å². The summed E-state index contributed by atoms with van der Waals surface area (Å²) in [5.41, 5.74) is 3.34. The van der Waals surface area contributed by atoms with E-state index in [0.29, 0.717) is 6.04 Å². The second-order valence-electron chi connectivity index (χ2n) is 5.28. The maximum Gasteiger partial charge on any atom is 0.221 e. The Balaban J connectivity index is 1.74. The van der Waals surface area contributed by atoms with Gasteiger partial charge in [-0.05, 0) is 71.1 Å². The largest absolute Gasteiger partial charge is 0.378 e. The molecule has 1 aliphatic rings. The molecule has 2 aromatic rings. The number of fused-ring (bicyclic) bond motifs is 1. The van der Waals surface area contributed by atoms with Gasteiger partial charge in [-0.3, -0.25) is 4.79 Å². The van der Waals surface area contributed by atoms with Gasteiger partial charge in [0.15, 0.2) is 0 Å². The lowest BCUT2D eigenvalue weighted by molar-refractivity contribution is -0.114. The number of nitrogens with one attached hydrogen (secondary N) is 2. The van der Waals surface area contributed by atoms with Crippen LogP contribution in [0.15, 0.2) is 34.1 Å². The van der Waals surface area contributed by atoms with Crippen molar-refractivity contribution in [1.29, 1.82) is 0 Å². The highest BCUT2D eigenvalue weighted by atomic mass is 79.9. The van der Waals surface area contributed by atoms with Crippen LogP contribution in [0, 0.1) is 0 Å². The molecule has 3 nitrogen and oxygen atoms in total. The second-order valence-corrected chi connectivity index (χ2v) is 7.79. The summed E-state index contributed by atoms with van der Waals surface area (Å²) in [6.45, 7) is 1.52. The van der Waals surface area contributed by atoms with Crippen molar-refractivity contribution in [3.05, 3.63) is 44.6 Å². The molecular formula is C16H17BrN2OS. The summed E-state index contributed by atoms with van der Waals surface area (Å²) in [7, 11) is 0. The van der Waals surface area contributed by atoms with Gasteiger partial charge in [0.25, 0.3) is 0 Å². The van der Waals surface area contributed by atoms with Crippen molar-refractivity contribution in [3.63, 3.8) is 0 Å². The van der Waals surface area contributed by atoms with Gasteiger partial charge in [0, 0.05) is 23.2 Å². The molecule has 21 heavy (non-hydrogen) atoms. The molecule has 0 fully saturated rings. The van der Waals surface area contributed by atoms with Crippen molar-refractivity contribution in [2.75, 3.05) is 10.6 Å². The zero-order chi connectivity index (χ0) is 14.8. The van der Waals surface area contributed by atoms with Gasteiger partial charge in [-0.1, -0.05) is 0 Å². The summed E-state index contributed by atoms with van der Waals surface area (Å²) < 4.78 is 1.21. The Labute approximate surface area is 136 Å². The Morgan fingerprint density at radius 3 is 2.71 bits per heavy atom. The van der Waals surface area contributed by atoms with Crippen LogP contribution in [0.3, 0.4) is 0 Å². The third kappa shape index (κ3) is 3.47. The molecule has 0 saturated carbocycles. The molecule has 1 atom stereocenters. The molecule has 1 aromatic carbocycles. The molecule has 1 unspecified atom stereocenters. The first-order chi connectivity index (χ1) is 10.1. The zero-order valence-corrected chi connectivity index (χ0v) is 14.2. The minimum absolute atomic E-state index is 0.0456. The third-order valence-corrected chi connectivity index (χ3v) is 5.34. The fourth-order valence-electron chi connectivity index (χ4n) is 2.73. The van der Waals surface area contributed by atoms with Gasteiger partial charge in [0.2, 0.25) is 5.91 Å². The van der Waals surface area contributed by atoms with E-state index in [1.165, 1.54) is 34.0 Å². The number of thiophene rings is 1. The number of carbonyl (C=O) groups is 1. The first-order valence-corrected chi connectivity index (χ1v) is 8.65. The molecule has 1 amide bonds. The molecule has 2 N–H and O–H groups in total. The van der Waals surface area contributed by atoms with Crippen LogP contribution in [-0.2, 0) is 11.2 Å². The summed E-state index contributed by atoms with van der Waals surface area (Å²) in [6, 6.07) is 10.5. The molecular weight excluding hydrogens is 348 g/mol. The summed E-state index contributed by atoms with van der Waals surface area (Å²) >= 11 is 5.43. The number of halogens is 1. The van der Waals surface area contributed by atoms with Crippen LogP contribution in [0.4, 0.5) is 11.4 Å². The Morgan fingerprint density at radius 2 is 2.00 bits per heavy atom. The SMILES string of the molecule is CC(=O)Nc1ccc(NC2CCCc3sc(Br)cc32)cc1. The predicted molar refractivity (Wildman–Crippen MR) is 92.1 cm³/mol. The number of benzene rings is 1. The number of hydrogen-bond donors (Lipinski definition) is 2. The molecule has 1 aliphatic carbocycles. The Kier molecular flexibility index (Phi) is 4.31. The Bertz CT molecular complexity index is 651. The summed E-state index contributed by atoms with van der Waals surface area (Å²) in [4.78, 5) is 12.5. The van der Waals surface area contributed by atoms with E-state index in [-0.39, 0.29) is 5.91 Å². The van der Waals surface area contributed by atoms with Crippen molar-refractivity contribution in [2.45, 2.75) is 32.2 Å². The molecule has 0 aliphatic heterocycles. The number of hydrogen-bond acceptors (Lipinski definition) is 3. The molecule has 0 radical (unpaired) electrons. The zero-order valence-electron chi connectivity index (χ0n) is 11.8. The van der Waals surface area contributed by atoms with Crippen LogP contribution in [0.5, 0.6) is 0 Å². The van der Waals surface area contributed by atoms with Crippen LogP contribution in [0.1, 0.15) is 36.2 Å². The fourth-order valence-corrected chi connectivity index (χ4v) is 4.55. The van der Waals surface area contributed by atoms with Crippen LogP contribution >= 0.6 is 27.3 Å². The van der Waals surface area contributed by atoms with Crippen molar-refractivity contribution < 1.29 is 4.79 Å². The standard InChI is InChI=1S/C16H17BrN2OS/c1-10(20)18-11-5-7-12(8-6-11)19-14-3-2-4-15-13(14)9-16(17)21-15/h5-9,14,19H,2-4H2,1H3,(H,18,20). The monoisotopic (exact) mass is 364 g/mol. The summed E-state index contributed by atoms with van der Waals surface area (Å²) in [5.74, 6) is -0.0456. The first kappa shape index (κ1) is 14.6. The normalized spacial score (nSPS) is 17.1. The van der Waals surface area contributed by atoms with E-state index in [1.54, 1.807) is 0 Å². The Hall–Kier alpha value is -1.33. The van der Waals surface area contributed by atoms with E-state index in [9.17, 15) is 4.79 Å². The predicted octanol–water partition coefficient (Wildman–Crippen LogP) is 4.96. The van der Waals surface area contributed by atoms with Crippen molar-refractivity contribution in [3.8, 4) is 0 Å². The fraction of sp³-hybridized carbons (Fsp3) is 0.312. The van der Waals surface area contributed by atoms with Gasteiger partial charge in [-0.15, -0.1) is 11.3 Å². The molecule has 0 spiro atoms. The van der Waals surface area contributed by atoms with Gasteiger partial charge in [0.05, 0.1) is 9.83 Å². The van der Waals surface area contributed by atoms with Crippen LogP contribution in [0.2, 0.25) is 0 Å². The highest BCUT2D eigenvalue weighted by molar-refractivity contribution is 9.11. The summed E-state index contributed by atoms with van der Waals surface area (Å²) in [6.07, 6.45) is 3.57. The highest BCUT2D eigenvalue weighted by Crippen LogP contribution is 2.39. The second kappa shape index (κ2) is 6.20.